The molecule has 0 saturated heterocycles. The van der Waals surface area contributed by atoms with Crippen molar-refractivity contribution in [3.05, 3.63) is 28.8 Å². The smallest absolute Gasteiger partial charge is 0.120 e. The largest absolute Gasteiger partial charge is 0.490 e. The van der Waals surface area contributed by atoms with E-state index in [2.05, 4.69) is 25.2 Å². The summed E-state index contributed by atoms with van der Waals surface area (Å²) >= 11 is 6.20. The van der Waals surface area contributed by atoms with E-state index in [0.29, 0.717) is 17.6 Å². The van der Waals surface area contributed by atoms with Crippen molar-refractivity contribution >= 4 is 11.6 Å². The second-order valence-electron chi connectivity index (χ2n) is 6.50. The Kier molecular flexibility index (Phi) is 4.46. The van der Waals surface area contributed by atoms with Gasteiger partial charge in [0.2, 0.25) is 0 Å². The lowest BCUT2D eigenvalue weighted by atomic mass is 9.60. The third-order valence-electron chi connectivity index (χ3n) is 5.45. The van der Waals surface area contributed by atoms with E-state index in [-0.39, 0.29) is 0 Å². The Balaban J connectivity index is 1.73. The Bertz CT molecular complexity index is 496. The number of benzene rings is 1. The molecule has 2 fully saturated rings. The van der Waals surface area contributed by atoms with Crippen LogP contribution in [0.4, 0.5) is 0 Å². The average molecular weight is 308 g/mol. The summed E-state index contributed by atoms with van der Waals surface area (Å²) in [6.45, 7) is 5.39. The molecule has 1 N–H and O–H groups in total. The highest BCUT2D eigenvalue weighted by Gasteiger charge is 2.57. The Morgan fingerprint density at radius 3 is 2.71 bits per heavy atom. The second kappa shape index (κ2) is 6.18. The first-order chi connectivity index (χ1) is 10.2. The summed E-state index contributed by atoms with van der Waals surface area (Å²) < 4.78 is 6.36. The zero-order chi connectivity index (χ0) is 14.9. The van der Waals surface area contributed by atoms with Crippen molar-refractivity contribution in [2.45, 2.75) is 64.5 Å². The van der Waals surface area contributed by atoms with Crippen LogP contribution in [0.15, 0.2) is 18.2 Å². The van der Waals surface area contributed by atoms with Crippen molar-refractivity contribution in [2.24, 2.45) is 5.41 Å². The van der Waals surface area contributed by atoms with Crippen LogP contribution in [0.5, 0.6) is 5.75 Å². The minimum absolute atomic E-state index is 0.370. The van der Waals surface area contributed by atoms with Gasteiger partial charge < -0.3 is 10.1 Å². The van der Waals surface area contributed by atoms with Crippen molar-refractivity contribution in [3.8, 4) is 5.75 Å². The highest BCUT2D eigenvalue weighted by molar-refractivity contribution is 6.31. The highest BCUT2D eigenvalue weighted by atomic mass is 35.5. The van der Waals surface area contributed by atoms with Crippen LogP contribution < -0.4 is 10.1 Å². The summed E-state index contributed by atoms with van der Waals surface area (Å²) in [7, 11) is 0. The molecule has 2 saturated carbocycles. The predicted octanol–water partition coefficient (Wildman–Crippen LogP) is 4.59. The lowest BCUT2D eigenvalue weighted by Gasteiger charge is -2.54. The number of rotatable bonds is 5. The van der Waals surface area contributed by atoms with Crippen LogP contribution in [-0.4, -0.2) is 18.7 Å². The summed E-state index contributed by atoms with van der Waals surface area (Å²) in [5, 5.41) is 4.51. The fourth-order valence-electron chi connectivity index (χ4n) is 4.21. The van der Waals surface area contributed by atoms with Crippen molar-refractivity contribution in [3.63, 3.8) is 0 Å². The Morgan fingerprint density at radius 2 is 2.05 bits per heavy atom. The first kappa shape index (κ1) is 15.2. The van der Waals surface area contributed by atoms with Crippen molar-refractivity contribution in [2.75, 3.05) is 6.54 Å². The van der Waals surface area contributed by atoms with Gasteiger partial charge in [-0.15, -0.1) is 0 Å². The Labute approximate surface area is 133 Å². The first-order valence-electron chi connectivity index (χ1n) is 8.38. The molecule has 2 unspecified atom stereocenters. The van der Waals surface area contributed by atoms with Crippen LogP contribution in [-0.2, 0) is 6.42 Å². The maximum atomic E-state index is 6.36. The summed E-state index contributed by atoms with van der Waals surface area (Å²) in [6, 6.07) is 6.75. The molecule has 1 spiro atoms. The van der Waals surface area contributed by atoms with Gasteiger partial charge in [0.1, 0.15) is 11.9 Å². The fourth-order valence-corrected chi connectivity index (χ4v) is 4.46. The molecule has 2 atom stereocenters. The monoisotopic (exact) mass is 307 g/mol. The van der Waals surface area contributed by atoms with E-state index in [9.17, 15) is 0 Å². The maximum absolute atomic E-state index is 6.36. The zero-order valence-corrected chi connectivity index (χ0v) is 13.9. The molecule has 0 radical (unpaired) electrons. The van der Waals surface area contributed by atoms with Gasteiger partial charge >= 0.3 is 0 Å². The summed E-state index contributed by atoms with van der Waals surface area (Å²) in [5.41, 5.74) is 1.55. The normalized spacial score (nSPS) is 26.8. The van der Waals surface area contributed by atoms with Crippen LogP contribution in [0.1, 0.15) is 51.5 Å². The van der Waals surface area contributed by atoms with Gasteiger partial charge in [0, 0.05) is 22.9 Å². The van der Waals surface area contributed by atoms with Crippen LogP contribution in [0.2, 0.25) is 5.02 Å². The maximum Gasteiger partial charge on any atom is 0.120 e. The minimum atomic E-state index is 0.370. The zero-order valence-electron chi connectivity index (χ0n) is 13.1. The third-order valence-corrected chi connectivity index (χ3v) is 5.82. The Hall–Kier alpha value is -0.730. The second-order valence-corrected chi connectivity index (χ2v) is 6.91. The molecular formula is C18H26ClNO. The molecule has 0 aromatic heterocycles. The standard InChI is InChI=1S/C18H26ClNO/c1-3-13-11-14(7-8-15(13)19)21-17-12-16(20-4-2)18(17)9-5-6-10-18/h7-8,11,16-17,20H,3-6,9-10,12H2,1-2H3. The molecule has 1 aromatic rings. The lowest BCUT2D eigenvalue weighted by molar-refractivity contribution is -0.0755. The topological polar surface area (TPSA) is 21.3 Å². The molecule has 1 aromatic carbocycles. The van der Waals surface area contributed by atoms with E-state index in [1.807, 2.05) is 12.1 Å². The molecule has 2 nitrogen and oxygen atoms in total. The molecule has 0 aliphatic heterocycles. The van der Waals surface area contributed by atoms with Crippen molar-refractivity contribution < 1.29 is 4.74 Å². The quantitative estimate of drug-likeness (QED) is 0.859. The molecule has 116 valence electrons. The van der Waals surface area contributed by atoms with E-state index < -0.39 is 0 Å². The lowest BCUT2D eigenvalue weighted by Crippen LogP contribution is -2.63. The van der Waals surface area contributed by atoms with Gasteiger partial charge in [0.15, 0.2) is 0 Å². The predicted molar refractivity (Wildman–Crippen MR) is 88.2 cm³/mol. The molecule has 3 rings (SSSR count). The number of ether oxygens (including phenoxy) is 1. The van der Waals surface area contributed by atoms with Gasteiger partial charge in [-0.05, 0) is 49.6 Å². The third kappa shape index (κ3) is 2.68. The van der Waals surface area contributed by atoms with Crippen molar-refractivity contribution in [1.82, 2.24) is 5.32 Å². The van der Waals surface area contributed by atoms with Crippen LogP contribution in [0, 0.1) is 5.41 Å². The molecule has 0 heterocycles. The van der Waals surface area contributed by atoms with E-state index in [4.69, 9.17) is 16.3 Å². The van der Waals surface area contributed by atoms with Crippen LogP contribution in [0.3, 0.4) is 0 Å². The number of aryl methyl sites for hydroxylation is 1. The first-order valence-corrected chi connectivity index (χ1v) is 8.76. The summed E-state index contributed by atoms with van der Waals surface area (Å²) in [5.74, 6) is 0.988. The molecular weight excluding hydrogens is 282 g/mol. The number of hydrogen-bond acceptors (Lipinski definition) is 2. The van der Waals surface area contributed by atoms with E-state index in [1.54, 1.807) is 0 Å². The van der Waals surface area contributed by atoms with Gasteiger partial charge in [-0.1, -0.05) is 38.3 Å². The van der Waals surface area contributed by atoms with Gasteiger partial charge in [-0.3, -0.25) is 0 Å². The molecule has 21 heavy (non-hydrogen) atoms. The number of nitrogens with one attached hydrogen (secondary N) is 1. The van der Waals surface area contributed by atoms with Gasteiger partial charge in [0.25, 0.3) is 0 Å². The molecule has 0 amide bonds. The van der Waals surface area contributed by atoms with Gasteiger partial charge in [-0.25, -0.2) is 0 Å². The Morgan fingerprint density at radius 1 is 1.29 bits per heavy atom. The summed E-state index contributed by atoms with van der Waals surface area (Å²) in [4.78, 5) is 0. The number of hydrogen-bond donors (Lipinski definition) is 1. The molecule has 3 heteroatoms. The van der Waals surface area contributed by atoms with Crippen molar-refractivity contribution in [1.29, 1.82) is 0 Å². The average Bonchev–Trinajstić information content (AvgIpc) is 3.00. The highest BCUT2D eigenvalue weighted by Crippen LogP contribution is 2.54. The number of halogens is 1. The van der Waals surface area contributed by atoms with Crippen LogP contribution >= 0.6 is 11.6 Å². The van der Waals surface area contributed by atoms with Gasteiger partial charge in [0.05, 0.1) is 0 Å². The minimum Gasteiger partial charge on any atom is -0.490 e. The summed E-state index contributed by atoms with van der Waals surface area (Å²) in [6.07, 6.45) is 7.78. The molecule has 2 aliphatic rings. The van der Waals surface area contributed by atoms with E-state index >= 15 is 0 Å². The van der Waals surface area contributed by atoms with E-state index in [1.165, 1.54) is 31.2 Å². The molecule has 0 bridgehead atoms. The molecule has 2 aliphatic carbocycles. The SMILES string of the molecule is CCNC1CC(Oc2ccc(Cl)c(CC)c2)C12CCCC2. The van der Waals surface area contributed by atoms with Gasteiger partial charge in [-0.2, -0.15) is 0 Å². The fraction of sp³-hybridized carbons (Fsp3) is 0.667. The van der Waals surface area contributed by atoms with E-state index in [0.717, 1.165) is 30.2 Å². The van der Waals surface area contributed by atoms with Crippen LogP contribution in [0.25, 0.3) is 0 Å².